The van der Waals surface area contributed by atoms with Crippen molar-refractivity contribution in [2.75, 3.05) is 25.2 Å². The van der Waals surface area contributed by atoms with E-state index in [0.29, 0.717) is 40.8 Å². The summed E-state index contributed by atoms with van der Waals surface area (Å²) in [5, 5.41) is 12.8. The molecule has 9 nitrogen and oxygen atoms in total. The number of aryl methyl sites for hydroxylation is 1. The second-order valence-corrected chi connectivity index (χ2v) is 9.55. The van der Waals surface area contributed by atoms with E-state index >= 15 is 0 Å². The second-order valence-electron chi connectivity index (χ2n) is 7.62. The topological polar surface area (TPSA) is 115 Å². The average molecular weight is 529 g/mol. The second kappa shape index (κ2) is 10.5. The van der Waals surface area contributed by atoms with Crippen molar-refractivity contribution < 1.29 is 33.7 Å². The number of esters is 1. The van der Waals surface area contributed by atoms with Gasteiger partial charge in [-0.25, -0.2) is 9.78 Å². The van der Waals surface area contributed by atoms with E-state index in [4.69, 9.17) is 14.2 Å². The molecule has 0 saturated carbocycles. The Morgan fingerprint density at radius 1 is 1.14 bits per heavy atom. The van der Waals surface area contributed by atoms with Crippen LogP contribution in [0.15, 0.2) is 47.0 Å². The molecule has 0 fully saturated rings. The molecule has 36 heavy (non-hydrogen) atoms. The Bertz CT molecular complexity index is 1340. The zero-order valence-electron chi connectivity index (χ0n) is 20.1. The molecule has 11 heteroatoms. The minimum absolute atomic E-state index is 0.0819. The fourth-order valence-corrected chi connectivity index (χ4v) is 5.59. The molecular weight excluding hydrogens is 504 g/mol. The number of thiazole rings is 1. The van der Waals surface area contributed by atoms with Crippen LogP contribution in [-0.4, -0.2) is 48.1 Å². The number of amides is 1. The molecule has 0 bridgehead atoms. The zero-order valence-corrected chi connectivity index (χ0v) is 21.7. The Kier molecular flexibility index (Phi) is 7.41. The van der Waals surface area contributed by atoms with Gasteiger partial charge in [0.2, 0.25) is 5.78 Å². The van der Waals surface area contributed by atoms with E-state index in [0.717, 1.165) is 11.3 Å². The molecule has 1 aromatic carbocycles. The summed E-state index contributed by atoms with van der Waals surface area (Å²) in [6, 6.07) is 7.42. The normalized spacial score (nSPS) is 15.4. The molecule has 3 aromatic rings. The molecule has 1 aliphatic rings. The average Bonchev–Trinajstić information content (AvgIpc) is 3.59. The maximum atomic E-state index is 13.5. The van der Waals surface area contributed by atoms with Gasteiger partial charge in [-0.05, 0) is 49.9 Å². The highest BCUT2D eigenvalue weighted by Gasteiger charge is 2.46. The Morgan fingerprint density at radius 3 is 2.50 bits per heavy atom. The number of Topliss-reactive ketones (excluding diaryl/α,β-unsaturated/α-hetero) is 1. The number of carbonyl (C=O) groups is 3. The lowest BCUT2D eigenvalue weighted by molar-refractivity contribution is -0.117. The Labute approximate surface area is 215 Å². The van der Waals surface area contributed by atoms with Gasteiger partial charge < -0.3 is 19.3 Å². The number of carbonyl (C=O) groups excluding carboxylic acids is 3. The third kappa shape index (κ3) is 4.47. The Morgan fingerprint density at radius 2 is 1.86 bits per heavy atom. The highest BCUT2D eigenvalue weighted by molar-refractivity contribution is 7.17. The number of hydrogen-bond donors (Lipinski definition) is 1. The molecule has 2 aromatic heterocycles. The van der Waals surface area contributed by atoms with E-state index < -0.39 is 29.5 Å². The molecule has 1 unspecified atom stereocenters. The van der Waals surface area contributed by atoms with Gasteiger partial charge in [-0.1, -0.05) is 23.5 Å². The van der Waals surface area contributed by atoms with Crippen LogP contribution in [0.25, 0.3) is 0 Å². The van der Waals surface area contributed by atoms with Crippen LogP contribution in [0.5, 0.6) is 11.5 Å². The van der Waals surface area contributed by atoms with E-state index in [-0.39, 0.29) is 15.6 Å². The number of thiophene rings is 1. The quantitative estimate of drug-likeness (QED) is 0.309. The van der Waals surface area contributed by atoms with Gasteiger partial charge in [0.15, 0.2) is 22.4 Å². The number of benzene rings is 1. The summed E-state index contributed by atoms with van der Waals surface area (Å²) in [5.74, 6) is -1.59. The van der Waals surface area contributed by atoms with Crippen molar-refractivity contribution in [1.82, 2.24) is 4.98 Å². The molecular formula is C25H24N2O7S2. The van der Waals surface area contributed by atoms with Crippen LogP contribution >= 0.6 is 22.7 Å². The third-order valence-corrected chi connectivity index (χ3v) is 7.45. The van der Waals surface area contributed by atoms with Crippen LogP contribution in [0.4, 0.5) is 5.13 Å². The summed E-state index contributed by atoms with van der Waals surface area (Å²) in [4.78, 5) is 45.3. The van der Waals surface area contributed by atoms with Crippen molar-refractivity contribution >= 4 is 45.5 Å². The Balaban J connectivity index is 1.89. The number of ether oxygens (including phenoxy) is 3. The monoisotopic (exact) mass is 528 g/mol. The van der Waals surface area contributed by atoms with Gasteiger partial charge >= 0.3 is 5.97 Å². The van der Waals surface area contributed by atoms with Crippen LogP contribution in [0.1, 0.15) is 50.5 Å². The number of methoxy groups -OCH3 is 1. The molecule has 0 saturated heterocycles. The number of aliphatic hydroxyl groups excluding tert-OH is 1. The summed E-state index contributed by atoms with van der Waals surface area (Å²) in [6.07, 6.45) is 0. The number of nitrogens with zero attached hydrogens (tertiary/aromatic N) is 2. The van der Waals surface area contributed by atoms with Crippen molar-refractivity contribution in [3.63, 3.8) is 0 Å². The van der Waals surface area contributed by atoms with Gasteiger partial charge in [0.25, 0.3) is 5.91 Å². The minimum Gasteiger partial charge on any atom is -0.503 e. The van der Waals surface area contributed by atoms with Crippen LogP contribution < -0.4 is 14.4 Å². The largest absolute Gasteiger partial charge is 0.503 e. The number of hydrogen-bond acceptors (Lipinski definition) is 10. The van der Waals surface area contributed by atoms with Gasteiger partial charge in [0.1, 0.15) is 4.88 Å². The standard InChI is InChI=1S/C25H24N2O7S2/c1-5-33-15-10-9-14(12-16(15)34-6-2)19-18(20(28)17-8-7-11-35-17)21(29)23(30)27(19)25-26-13(3)22(36-25)24(31)32-4/h7-12,19,29H,5-6H2,1-4H3. The number of anilines is 1. The van der Waals surface area contributed by atoms with Gasteiger partial charge in [-0.2, -0.15) is 0 Å². The Hall–Kier alpha value is -3.70. The number of aromatic nitrogens is 1. The maximum Gasteiger partial charge on any atom is 0.350 e. The number of aliphatic hydroxyl groups is 1. The smallest absolute Gasteiger partial charge is 0.350 e. The first-order valence-corrected chi connectivity index (χ1v) is 12.8. The molecule has 1 atom stereocenters. The summed E-state index contributed by atoms with van der Waals surface area (Å²) in [7, 11) is 1.26. The number of rotatable bonds is 9. The third-order valence-electron chi connectivity index (χ3n) is 5.44. The lowest BCUT2D eigenvalue weighted by atomic mass is 9.95. The van der Waals surface area contributed by atoms with Crippen molar-refractivity contribution in [3.05, 3.63) is 68.1 Å². The van der Waals surface area contributed by atoms with E-state index in [9.17, 15) is 19.5 Å². The highest BCUT2D eigenvalue weighted by Crippen LogP contribution is 2.45. The minimum atomic E-state index is -1.02. The van der Waals surface area contributed by atoms with E-state index in [1.165, 1.54) is 23.3 Å². The highest BCUT2D eigenvalue weighted by atomic mass is 32.1. The van der Waals surface area contributed by atoms with Gasteiger partial charge in [0.05, 0.1) is 42.5 Å². The predicted molar refractivity (Wildman–Crippen MR) is 136 cm³/mol. The van der Waals surface area contributed by atoms with Crippen LogP contribution in [0.2, 0.25) is 0 Å². The van der Waals surface area contributed by atoms with Crippen molar-refractivity contribution in [3.8, 4) is 11.5 Å². The summed E-state index contributed by atoms with van der Waals surface area (Å²) in [5.41, 5.74) is 0.792. The van der Waals surface area contributed by atoms with Gasteiger partial charge in [0, 0.05) is 0 Å². The lowest BCUT2D eigenvalue weighted by Crippen LogP contribution is -2.31. The summed E-state index contributed by atoms with van der Waals surface area (Å²) < 4.78 is 16.2. The van der Waals surface area contributed by atoms with Crippen molar-refractivity contribution in [2.45, 2.75) is 26.8 Å². The first kappa shape index (κ1) is 25.4. The van der Waals surface area contributed by atoms with Gasteiger partial charge in [-0.3, -0.25) is 14.5 Å². The maximum absolute atomic E-state index is 13.5. The SMILES string of the molecule is CCOc1ccc(C2C(C(=O)c3cccs3)=C(O)C(=O)N2c2nc(C)c(C(=O)OC)s2)cc1OCC. The summed E-state index contributed by atoms with van der Waals surface area (Å²) >= 11 is 2.15. The van der Waals surface area contributed by atoms with Crippen LogP contribution in [0, 0.1) is 6.92 Å². The van der Waals surface area contributed by atoms with Gasteiger partial charge in [-0.15, -0.1) is 11.3 Å². The first-order valence-electron chi connectivity index (χ1n) is 11.1. The van der Waals surface area contributed by atoms with E-state index in [2.05, 4.69) is 4.98 Å². The molecule has 0 aliphatic carbocycles. The van der Waals surface area contributed by atoms with Crippen molar-refractivity contribution in [1.29, 1.82) is 0 Å². The first-order chi connectivity index (χ1) is 17.3. The molecule has 1 amide bonds. The molecule has 1 N–H and O–H groups in total. The lowest BCUT2D eigenvalue weighted by Gasteiger charge is -2.25. The zero-order chi connectivity index (χ0) is 26.0. The molecule has 4 rings (SSSR count). The molecule has 0 spiro atoms. The van der Waals surface area contributed by atoms with Crippen LogP contribution in [-0.2, 0) is 9.53 Å². The molecule has 0 radical (unpaired) electrons. The molecule has 188 valence electrons. The fraction of sp³-hybridized carbons (Fsp3) is 0.280. The van der Waals surface area contributed by atoms with E-state index in [1.54, 1.807) is 42.6 Å². The predicted octanol–water partition coefficient (Wildman–Crippen LogP) is 4.88. The molecule has 3 heterocycles. The van der Waals surface area contributed by atoms with Crippen molar-refractivity contribution in [2.24, 2.45) is 0 Å². The molecule has 1 aliphatic heterocycles. The number of ketones is 1. The summed E-state index contributed by atoms with van der Waals surface area (Å²) in [6.45, 7) is 6.09. The fourth-order valence-electron chi connectivity index (χ4n) is 3.90. The van der Waals surface area contributed by atoms with Crippen LogP contribution in [0.3, 0.4) is 0 Å². The van der Waals surface area contributed by atoms with E-state index in [1.807, 2.05) is 13.8 Å².